The Labute approximate surface area is 173 Å². The van der Waals surface area contributed by atoms with Crippen molar-refractivity contribution in [3.63, 3.8) is 0 Å². The Morgan fingerprint density at radius 3 is 2.89 bits per heavy atom. The lowest BCUT2D eigenvalue weighted by molar-refractivity contribution is 0.0929. The molecule has 1 atom stereocenters. The van der Waals surface area contributed by atoms with E-state index >= 15 is 0 Å². The van der Waals surface area contributed by atoms with Crippen molar-refractivity contribution in [1.29, 1.82) is 0 Å². The molecule has 0 bridgehead atoms. The smallest absolute Gasteiger partial charge is 0.252 e. The molecule has 2 heterocycles. The molecule has 2 aromatic carbocycles. The lowest BCUT2D eigenvalue weighted by Crippen LogP contribution is -2.40. The number of amides is 1. The van der Waals surface area contributed by atoms with Crippen molar-refractivity contribution in [2.24, 2.45) is 0 Å². The molecule has 0 spiro atoms. The van der Waals surface area contributed by atoms with Crippen LogP contribution in [0.15, 0.2) is 54.2 Å². The quantitative estimate of drug-likeness (QED) is 0.623. The molecule has 0 saturated carbocycles. The number of nitrogen functional groups attached to an aromatic ring is 1. The van der Waals surface area contributed by atoms with E-state index in [0.717, 1.165) is 24.4 Å². The third kappa shape index (κ3) is 4.04. The Morgan fingerprint density at radius 1 is 1.29 bits per heavy atom. The number of anilines is 1. The molecule has 0 saturated heterocycles. The van der Waals surface area contributed by atoms with Crippen LogP contribution in [0.3, 0.4) is 0 Å². The average Bonchev–Trinajstić information content (AvgIpc) is 3.24. The van der Waals surface area contributed by atoms with Crippen molar-refractivity contribution in [2.45, 2.75) is 19.0 Å². The summed E-state index contributed by atoms with van der Waals surface area (Å²) in [7, 11) is 0. The molecule has 28 heavy (non-hydrogen) atoms. The van der Waals surface area contributed by atoms with Crippen molar-refractivity contribution in [1.82, 2.24) is 15.2 Å². The zero-order valence-corrected chi connectivity index (χ0v) is 16.8. The van der Waals surface area contributed by atoms with E-state index in [0.29, 0.717) is 22.8 Å². The van der Waals surface area contributed by atoms with Crippen molar-refractivity contribution in [3.05, 3.63) is 80.8 Å². The number of thiazole rings is 1. The van der Waals surface area contributed by atoms with Gasteiger partial charge < -0.3 is 11.1 Å². The van der Waals surface area contributed by atoms with E-state index in [9.17, 15) is 4.79 Å². The molecule has 1 amide bonds. The highest BCUT2D eigenvalue weighted by Gasteiger charge is 2.26. The molecule has 0 radical (unpaired) electrons. The monoisotopic (exact) mass is 412 g/mol. The van der Waals surface area contributed by atoms with Crippen LogP contribution >= 0.6 is 22.9 Å². The maximum atomic E-state index is 12.7. The Hall–Kier alpha value is -2.41. The highest BCUT2D eigenvalue weighted by molar-refractivity contribution is 7.09. The van der Waals surface area contributed by atoms with Crippen molar-refractivity contribution in [2.75, 3.05) is 18.8 Å². The molecule has 1 unspecified atom stereocenters. The van der Waals surface area contributed by atoms with Gasteiger partial charge in [-0.05, 0) is 35.7 Å². The molecule has 1 aliphatic rings. The van der Waals surface area contributed by atoms with E-state index in [1.54, 1.807) is 29.5 Å². The van der Waals surface area contributed by atoms with Crippen LogP contribution in [0.2, 0.25) is 5.02 Å². The van der Waals surface area contributed by atoms with Gasteiger partial charge in [-0.25, -0.2) is 0 Å². The third-order valence-corrected chi connectivity index (χ3v) is 6.28. The van der Waals surface area contributed by atoms with Gasteiger partial charge in [-0.1, -0.05) is 35.9 Å². The standard InChI is InChI=1S/C21H21ClN4OS/c22-18-6-5-16(23)9-17(18)21(27)25-10-19(20-11-24-13-28-20)26-8-7-14-3-1-2-4-15(14)12-26/h1-6,9,11,13,19H,7-8,10,12,23H2,(H,25,27). The number of hydrogen-bond donors (Lipinski definition) is 2. The topological polar surface area (TPSA) is 71.2 Å². The number of fused-ring (bicyclic) bond motifs is 1. The first-order valence-corrected chi connectivity index (χ1v) is 10.4. The number of carbonyl (C=O) groups is 1. The number of nitrogens with two attached hydrogens (primary N) is 1. The fraction of sp³-hybridized carbons (Fsp3) is 0.238. The fourth-order valence-corrected chi connectivity index (χ4v) is 4.54. The largest absolute Gasteiger partial charge is 0.399 e. The number of carbonyl (C=O) groups excluding carboxylic acids is 1. The minimum absolute atomic E-state index is 0.0599. The van der Waals surface area contributed by atoms with Gasteiger partial charge in [-0.2, -0.15) is 0 Å². The van der Waals surface area contributed by atoms with Gasteiger partial charge in [0.25, 0.3) is 5.91 Å². The summed E-state index contributed by atoms with van der Waals surface area (Å²) in [5.74, 6) is -0.218. The molecular formula is C21H21ClN4OS. The first kappa shape index (κ1) is 18.9. The number of hydrogen-bond acceptors (Lipinski definition) is 5. The van der Waals surface area contributed by atoms with Crippen LogP contribution < -0.4 is 11.1 Å². The average molecular weight is 413 g/mol. The van der Waals surface area contributed by atoms with Crippen LogP contribution in [-0.2, 0) is 13.0 Å². The van der Waals surface area contributed by atoms with Crippen LogP contribution in [0, 0.1) is 0 Å². The van der Waals surface area contributed by atoms with Crippen molar-refractivity contribution < 1.29 is 4.79 Å². The summed E-state index contributed by atoms with van der Waals surface area (Å²) in [5, 5.41) is 3.43. The van der Waals surface area contributed by atoms with E-state index < -0.39 is 0 Å². The highest BCUT2D eigenvalue weighted by Crippen LogP contribution is 2.29. The zero-order chi connectivity index (χ0) is 19.5. The van der Waals surface area contributed by atoms with E-state index in [2.05, 4.69) is 39.5 Å². The fourth-order valence-electron chi connectivity index (χ4n) is 3.58. The van der Waals surface area contributed by atoms with Gasteiger partial charge >= 0.3 is 0 Å². The third-order valence-electron chi connectivity index (χ3n) is 5.07. The summed E-state index contributed by atoms with van der Waals surface area (Å²) >= 11 is 7.79. The molecule has 1 aliphatic heterocycles. The number of nitrogens with zero attached hydrogens (tertiary/aromatic N) is 2. The summed E-state index contributed by atoms with van der Waals surface area (Å²) in [6.07, 6.45) is 2.88. The van der Waals surface area contributed by atoms with Gasteiger partial charge in [-0.3, -0.25) is 14.7 Å². The number of aromatic nitrogens is 1. The first-order chi connectivity index (χ1) is 13.6. The van der Waals surface area contributed by atoms with Crippen LogP contribution in [0.5, 0.6) is 0 Å². The van der Waals surface area contributed by atoms with Gasteiger partial charge in [0, 0.05) is 36.4 Å². The van der Waals surface area contributed by atoms with E-state index in [1.165, 1.54) is 11.1 Å². The van der Waals surface area contributed by atoms with Crippen LogP contribution in [-0.4, -0.2) is 28.9 Å². The van der Waals surface area contributed by atoms with Gasteiger partial charge in [0.2, 0.25) is 0 Å². The molecule has 7 heteroatoms. The number of rotatable bonds is 5. The van der Waals surface area contributed by atoms with Gasteiger partial charge in [-0.15, -0.1) is 11.3 Å². The van der Waals surface area contributed by atoms with Crippen LogP contribution in [0.1, 0.15) is 32.4 Å². The minimum Gasteiger partial charge on any atom is -0.399 e. The molecular weight excluding hydrogens is 392 g/mol. The Kier molecular flexibility index (Phi) is 5.62. The summed E-state index contributed by atoms with van der Waals surface area (Å²) in [6, 6.07) is 13.5. The predicted molar refractivity (Wildman–Crippen MR) is 114 cm³/mol. The molecule has 0 fully saturated rings. The first-order valence-electron chi connectivity index (χ1n) is 9.14. The SMILES string of the molecule is Nc1ccc(Cl)c(C(=O)NCC(c2cncs2)N2CCc3ccccc3C2)c1. The van der Waals surface area contributed by atoms with Gasteiger partial charge in [0.05, 0.1) is 22.1 Å². The maximum Gasteiger partial charge on any atom is 0.252 e. The molecule has 144 valence electrons. The zero-order valence-electron chi connectivity index (χ0n) is 15.3. The number of nitrogens with one attached hydrogen (secondary N) is 1. The molecule has 0 aliphatic carbocycles. The molecule has 5 nitrogen and oxygen atoms in total. The lowest BCUT2D eigenvalue weighted by Gasteiger charge is -2.35. The van der Waals surface area contributed by atoms with Crippen LogP contribution in [0.25, 0.3) is 0 Å². The summed E-state index contributed by atoms with van der Waals surface area (Å²) in [5.41, 5.74) is 11.3. The summed E-state index contributed by atoms with van der Waals surface area (Å²) in [4.78, 5) is 20.5. The van der Waals surface area contributed by atoms with E-state index in [1.807, 2.05) is 11.7 Å². The van der Waals surface area contributed by atoms with Crippen molar-refractivity contribution in [3.8, 4) is 0 Å². The highest BCUT2D eigenvalue weighted by atomic mass is 35.5. The molecule has 1 aromatic heterocycles. The summed E-state index contributed by atoms with van der Waals surface area (Å²) in [6.45, 7) is 2.27. The Bertz CT molecular complexity index is 976. The Balaban J connectivity index is 1.52. The lowest BCUT2D eigenvalue weighted by atomic mass is 9.98. The van der Waals surface area contributed by atoms with Gasteiger partial charge in [0.15, 0.2) is 0 Å². The van der Waals surface area contributed by atoms with Crippen LogP contribution in [0.4, 0.5) is 5.69 Å². The van der Waals surface area contributed by atoms with E-state index in [4.69, 9.17) is 17.3 Å². The maximum absolute atomic E-state index is 12.7. The van der Waals surface area contributed by atoms with Gasteiger partial charge in [0.1, 0.15) is 0 Å². The normalized spacial score (nSPS) is 15.0. The number of benzene rings is 2. The van der Waals surface area contributed by atoms with Crippen molar-refractivity contribution >= 4 is 34.5 Å². The Morgan fingerprint density at radius 2 is 2.11 bits per heavy atom. The minimum atomic E-state index is -0.218. The second-order valence-corrected chi connectivity index (χ2v) is 8.18. The summed E-state index contributed by atoms with van der Waals surface area (Å²) < 4.78 is 0. The second kappa shape index (κ2) is 8.31. The molecule has 3 N–H and O–H groups in total. The van der Waals surface area contributed by atoms with E-state index in [-0.39, 0.29) is 11.9 Å². The predicted octanol–water partition coefficient (Wildman–Crippen LogP) is 3.91. The molecule has 4 rings (SSSR count). The second-order valence-electron chi connectivity index (χ2n) is 6.86. The molecule has 3 aromatic rings. The number of halogens is 1.